The topological polar surface area (TPSA) is 44.8 Å². The summed E-state index contributed by atoms with van der Waals surface area (Å²) in [7, 11) is 0. The van der Waals surface area contributed by atoms with E-state index in [1.165, 1.54) is 6.42 Å². The van der Waals surface area contributed by atoms with Gasteiger partial charge in [-0.3, -0.25) is 4.79 Å². The summed E-state index contributed by atoms with van der Waals surface area (Å²) in [5.41, 5.74) is 2.04. The first-order valence-corrected chi connectivity index (χ1v) is 12.3. The number of ether oxygens (including phenoxy) is 3. The molecule has 1 heterocycles. The maximum Gasteiger partial charge on any atom is 0.309 e. The molecule has 4 heteroatoms. The molecule has 1 aliphatic carbocycles. The van der Waals surface area contributed by atoms with E-state index in [0.29, 0.717) is 0 Å². The van der Waals surface area contributed by atoms with Crippen LogP contribution in [0.15, 0.2) is 72.8 Å². The minimum Gasteiger partial charge on any atom is -0.489 e. The summed E-state index contributed by atoms with van der Waals surface area (Å²) < 4.78 is 18.7. The van der Waals surface area contributed by atoms with E-state index in [0.717, 1.165) is 69.9 Å². The Morgan fingerprint density at radius 3 is 1.76 bits per heavy atom. The third-order valence-corrected chi connectivity index (χ3v) is 7.10. The fourth-order valence-corrected chi connectivity index (χ4v) is 5.34. The van der Waals surface area contributed by atoms with Gasteiger partial charge in [0, 0.05) is 11.1 Å². The first-order chi connectivity index (χ1) is 16.8. The van der Waals surface area contributed by atoms with Gasteiger partial charge in [0.15, 0.2) is 6.10 Å². The number of benzene rings is 4. The second kappa shape index (κ2) is 9.02. The Hall–Kier alpha value is -3.53. The molecule has 34 heavy (non-hydrogen) atoms. The van der Waals surface area contributed by atoms with E-state index >= 15 is 0 Å². The molecule has 0 saturated heterocycles. The Balaban J connectivity index is 1.44. The third-order valence-electron chi connectivity index (χ3n) is 7.10. The molecule has 4 aromatic carbocycles. The fraction of sp³-hybridized carbons (Fsp3) is 0.300. The van der Waals surface area contributed by atoms with Crippen LogP contribution >= 0.6 is 0 Å². The van der Waals surface area contributed by atoms with E-state index in [1.54, 1.807) is 0 Å². The Morgan fingerprint density at radius 2 is 1.21 bits per heavy atom. The van der Waals surface area contributed by atoms with Crippen molar-refractivity contribution in [3.8, 4) is 22.6 Å². The molecule has 172 valence electrons. The van der Waals surface area contributed by atoms with Gasteiger partial charge in [0.05, 0.1) is 5.92 Å². The molecular weight excluding hydrogens is 424 g/mol. The van der Waals surface area contributed by atoms with Crippen molar-refractivity contribution >= 4 is 27.5 Å². The van der Waals surface area contributed by atoms with Crippen molar-refractivity contribution in [2.75, 3.05) is 13.2 Å². The van der Waals surface area contributed by atoms with Crippen LogP contribution in [-0.4, -0.2) is 25.3 Å². The van der Waals surface area contributed by atoms with Gasteiger partial charge in [-0.25, -0.2) is 0 Å². The van der Waals surface area contributed by atoms with Crippen molar-refractivity contribution < 1.29 is 19.0 Å². The summed E-state index contributed by atoms with van der Waals surface area (Å²) in [6.45, 7) is 0.519. The van der Waals surface area contributed by atoms with Crippen molar-refractivity contribution in [2.24, 2.45) is 5.92 Å². The van der Waals surface area contributed by atoms with Crippen LogP contribution in [0.5, 0.6) is 11.5 Å². The Bertz CT molecular complexity index is 1260. The Morgan fingerprint density at radius 1 is 0.676 bits per heavy atom. The number of esters is 1. The van der Waals surface area contributed by atoms with Gasteiger partial charge in [-0.2, -0.15) is 0 Å². The largest absolute Gasteiger partial charge is 0.489 e. The van der Waals surface area contributed by atoms with Gasteiger partial charge >= 0.3 is 5.97 Å². The summed E-state index contributed by atoms with van der Waals surface area (Å²) in [5, 5.41) is 4.50. The Kier molecular flexibility index (Phi) is 5.58. The average molecular weight is 453 g/mol. The quantitative estimate of drug-likeness (QED) is 0.310. The number of hydrogen-bond donors (Lipinski definition) is 0. The maximum absolute atomic E-state index is 12.9. The highest BCUT2D eigenvalue weighted by atomic mass is 16.6. The molecule has 0 aromatic heterocycles. The van der Waals surface area contributed by atoms with Crippen molar-refractivity contribution in [3.63, 3.8) is 0 Å². The molecule has 0 bridgehead atoms. The molecular formula is C30H28O4. The molecule has 1 fully saturated rings. The number of carbonyl (C=O) groups is 1. The van der Waals surface area contributed by atoms with Crippen molar-refractivity contribution in [3.05, 3.63) is 72.8 Å². The number of carbonyl (C=O) groups excluding carboxylic acids is 1. The van der Waals surface area contributed by atoms with Crippen LogP contribution in [0.2, 0.25) is 0 Å². The third kappa shape index (κ3) is 3.87. The number of hydrogen-bond acceptors (Lipinski definition) is 4. The molecule has 0 spiro atoms. The van der Waals surface area contributed by atoms with E-state index in [4.69, 9.17) is 14.2 Å². The summed E-state index contributed by atoms with van der Waals surface area (Å²) in [6.07, 6.45) is 4.76. The molecule has 2 aliphatic rings. The lowest BCUT2D eigenvalue weighted by Crippen LogP contribution is -2.33. The van der Waals surface area contributed by atoms with Crippen molar-refractivity contribution in [2.45, 2.75) is 38.2 Å². The first kappa shape index (κ1) is 21.0. The summed E-state index contributed by atoms with van der Waals surface area (Å²) in [6, 6.07) is 24.9. The second-order valence-electron chi connectivity index (χ2n) is 9.34. The highest BCUT2D eigenvalue weighted by Crippen LogP contribution is 2.46. The minimum absolute atomic E-state index is 0.00571. The minimum atomic E-state index is -0.467. The zero-order valence-electron chi connectivity index (χ0n) is 19.2. The first-order valence-electron chi connectivity index (χ1n) is 12.3. The van der Waals surface area contributed by atoms with E-state index in [9.17, 15) is 4.79 Å². The Labute approximate surface area is 199 Å². The number of rotatable bonds is 2. The molecule has 1 aliphatic heterocycles. The lowest BCUT2D eigenvalue weighted by Gasteiger charge is -2.24. The highest BCUT2D eigenvalue weighted by molar-refractivity contribution is 6.09. The monoisotopic (exact) mass is 452 g/mol. The van der Waals surface area contributed by atoms with Gasteiger partial charge in [0.1, 0.15) is 24.7 Å². The van der Waals surface area contributed by atoms with E-state index in [-0.39, 0.29) is 25.1 Å². The molecule has 0 amide bonds. The van der Waals surface area contributed by atoms with Crippen molar-refractivity contribution in [1.29, 1.82) is 0 Å². The standard InChI is InChI=1S/C30H28O4/c31-30(22-10-2-1-3-11-22)34-23-18-32-26-16-14-20-8-4-6-12-24(20)28(26)29-25-13-7-5-9-21(25)15-17-27(29)33-19-23/h4-9,12-17,22-23H,1-3,10-11,18-19H2. The number of fused-ring (bicyclic) bond motifs is 7. The summed E-state index contributed by atoms with van der Waals surface area (Å²) >= 11 is 0. The van der Waals surface area contributed by atoms with Gasteiger partial charge in [-0.15, -0.1) is 0 Å². The van der Waals surface area contributed by atoms with Gasteiger partial charge in [0.2, 0.25) is 0 Å². The maximum atomic E-state index is 12.9. The van der Waals surface area contributed by atoms with Crippen LogP contribution in [0.25, 0.3) is 32.7 Å². The lowest BCUT2D eigenvalue weighted by molar-refractivity contribution is -0.158. The second-order valence-corrected chi connectivity index (χ2v) is 9.34. The smallest absolute Gasteiger partial charge is 0.309 e. The van der Waals surface area contributed by atoms with E-state index in [2.05, 4.69) is 48.5 Å². The molecule has 0 radical (unpaired) electrons. The highest BCUT2D eigenvalue weighted by Gasteiger charge is 2.28. The lowest BCUT2D eigenvalue weighted by atomic mass is 9.89. The van der Waals surface area contributed by atoms with Gasteiger partial charge in [0.25, 0.3) is 0 Å². The zero-order chi connectivity index (χ0) is 22.9. The molecule has 6 rings (SSSR count). The van der Waals surface area contributed by atoms with Gasteiger partial charge < -0.3 is 14.2 Å². The van der Waals surface area contributed by atoms with Crippen LogP contribution in [0.4, 0.5) is 0 Å². The molecule has 4 nitrogen and oxygen atoms in total. The SMILES string of the molecule is O=C(OC1COc2ccc3ccccc3c2-c2c(ccc3ccccc23)OC1)C1CCCCC1. The molecule has 0 N–H and O–H groups in total. The predicted octanol–water partition coefficient (Wildman–Crippen LogP) is 6.92. The van der Waals surface area contributed by atoms with Gasteiger partial charge in [-0.1, -0.05) is 79.9 Å². The molecule has 0 unspecified atom stereocenters. The summed E-state index contributed by atoms with van der Waals surface area (Å²) in [5.74, 6) is 1.43. The van der Waals surface area contributed by atoms with Crippen LogP contribution in [-0.2, 0) is 9.53 Å². The molecule has 1 saturated carbocycles. The van der Waals surface area contributed by atoms with Crippen LogP contribution in [0.3, 0.4) is 0 Å². The summed E-state index contributed by atoms with van der Waals surface area (Å²) in [4.78, 5) is 12.9. The molecule has 0 atom stereocenters. The fourth-order valence-electron chi connectivity index (χ4n) is 5.34. The normalized spacial score (nSPS) is 16.9. The average Bonchev–Trinajstić information content (AvgIpc) is 2.97. The van der Waals surface area contributed by atoms with Crippen molar-refractivity contribution in [1.82, 2.24) is 0 Å². The predicted molar refractivity (Wildman–Crippen MR) is 134 cm³/mol. The van der Waals surface area contributed by atoms with Gasteiger partial charge in [-0.05, 0) is 46.5 Å². The van der Waals surface area contributed by atoms with Crippen LogP contribution in [0.1, 0.15) is 32.1 Å². The van der Waals surface area contributed by atoms with E-state index < -0.39 is 6.10 Å². The zero-order valence-corrected chi connectivity index (χ0v) is 19.2. The van der Waals surface area contributed by atoms with Crippen LogP contribution in [0, 0.1) is 5.92 Å². The van der Waals surface area contributed by atoms with E-state index in [1.807, 2.05) is 24.3 Å². The molecule has 4 aromatic rings. The van der Waals surface area contributed by atoms with Crippen LogP contribution < -0.4 is 9.47 Å².